The van der Waals surface area contributed by atoms with Crippen LogP contribution in [0.1, 0.15) is 12.5 Å². The highest BCUT2D eigenvalue weighted by Gasteiger charge is 2.19. The molecule has 0 radical (unpaired) electrons. The Morgan fingerprint density at radius 2 is 1.88 bits per heavy atom. The fourth-order valence-corrected chi connectivity index (χ4v) is 2.17. The van der Waals surface area contributed by atoms with Crippen LogP contribution in [0.4, 0.5) is 4.39 Å². The van der Waals surface area contributed by atoms with Crippen molar-refractivity contribution in [1.29, 1.82) is 0 Å². The van der Waals surface area contributed by atoms with Crippen LogP contribution in [0.15, 0.2) is 29.2 Å². The Kier molecular flexibility index (Phi) is 5.04. The van der Waals surface area contributed by atoms with Gasteiger partial charge in [-0.05, 0) is 26.0 Å². The molecule has 1 unspecified atom stereocenters. The van der Waals surface area contributed by atoms with Crippen LogP contribution in [-0.2, 0) is 19.0 Å². The predicted molar refractivity (Wildman–Crippen MR) is 60.8 cm³/mol. The summed E-state index contributed by atoms with van der Waals surface area (Å²) < 4.78 is 44.8. The van der Waals surface area contributed by atoms with Crippen molar-refractivity contribution < 1.29 is 21.7 Å². The molecule has 96 valence electrons. The van der Waals surface area contributed by atoms with E-state index < -0.39 is 23.1 Å². The Bertz CT molecular complexity index is 441. The van der Waals surface area contributed by atoms with Crippen molar-refractivity contribution >= 4 is 10.1 Å². The van der Waals surface area contributed by atoms with Gasteiger partial charge in [-0.3, -0.25) is 0 Å². The van der Waals surface area contributed by atoms with E-state index in [1.807, 2.05) is 6.92 Å². The van der Waals surface area contributed by atoms with Crippen molar-refractivity contribution in [2.45, 2.75) is 25.0 Å². The third kappa shape index (κ3) is 4.41. The number of rotatable bonds is 6. The Balaban J connectivity index is 2.71. The zero-order chi connectivity index (χ0) is 12.9. The highest BCUT2D eigenvalue weighted by Crippen LogP contribution is 2.15. The van der Waals surface area contributed by atoms with Crippen LogP contribution in [0.25, 0.3) is 0 Å². The smallest absolute Gasteiger partial charge is 0.299 e. The lowest BCUT2D eigenvalue weighted by Gasteiger charge is -2.12. The highest BCUT2D eigenvalue weighted by atomic mass is 32.2. The Labute approximate surface area is 100 Å². The molecular weight excluding hydrogens is 247 g/mol. The summed E-state index contributed by atoms with van der Waals surface area (Å²) in [5, 5.41) is 0. The number of benzene rings is 1. The third-order valence-corrected chi connectivity index (χ3v) is 3.38. The van der Waals surface area contributed by atoms with Gasteiger partial charge in [0.2, 0.25) is 0 Å². The quantitative estimate of drug-likeness (QED) is 0.581. The summed E-state index contributed by atoms with van der Waals surface area (Å²) in [6.45, 7) is 2.38. The van der Waals surface area contributed by atoms with Gasteiger partial charge in [-0.15, -0.1) is 0 Å². The molecule has 1 atom stereocenters. The number of ether oxygens (including phenoxy) is 1. The van der Waals surface area contributed by atoms with E-state index in [0.717, 1.165) is 5.56 Å². The second-order valence-electron chi connectivity index (χ2n) is 3.49. The first-order valence-electron chi connectivity index (χ1n) is 5.13. The molecule has 0 aliphatic heterocycles. The number of alkyl halides is 1. The molecule has 0 bridgehead atoms. The molecule has 1 aromatic rings. The zero-order valence-corrected chi connectivity index (χ0v) is 10.5. The second-order valence-corrected chi connectivity index (χ2v) is 5.06. The summed E-state index contributed by atoms with van der Waals surface area (Å²) in [4.78, 5) is 0.0544. The monoisotopic (exact) mass is 262 g/mol. The van der Waals surface area contributed by atoms with E-state index in [2.05, 4.69) is 0 Å². The molecule has 17 heavy (non-hydrogen) atoms. The fourth-order valence-electron chi connectivity index (χ4n) is 1.18. The van der Waals surface area contributed by atoms with Gasteiger partial charge in [0.1, 0.15) is 6.67 Å². The first kappa shape index (κ1) is 14.1. The molecule has 0 aliphatic rings. The third-order valence-electron chi connectivity index (χ3n) is 2.00. The Morgan fingerprint density at radius 3 is 2.41 bits per heavy atom. The lowest BCUT2D eigenvalue weighted by Crippen LogP contribution is -2.19. The maximum Gasteiger partial charge on any atom is 0.299 e. The Hall–Kier alpha value is -0.980. The average molecular weight is 262 g/mol. The summed E-state index contributed by atoms with van der Waals surface area (Å²) in [6.07, 6.45) is -1.00. The first-order chi connectivity index (χ1) is 7.95. The molecule has 0 aromatic heterocycles. The van der Waals surface area contributed by atoms with Crippen LogP contribution in [0.5, 0.6) is 0 Å². The maximum atomic E-state index is 11.8. The normalized spacial score (nSPS) is 13.6. The molecular formula is C11H15FO4S. The summed E-state index contributed by atoms with van der Waals surface area (Å²) in [7, 11) is -3.85. The van der Waals surface area contributed by atoms with Crippen LogP contribution >= 0.6 is 0 Å². The predicted octanol–water partition coefficient (Wildman–Crippen LogP) is 2.03. The summed E-state index contributed by atoms with van der Waals surface area (Å²) in [5.74, 6) is 0. The maximum absolute atomic E-state index is 11.8. The topological polar surface area (TPSA) is 52.6 Å². The van der Waals surface area contributed by atoms with Crippen molar-refractivity contribution in [3.63, 3.8) is 0 Å². The SMILES string of the molecule is Cc1ccc(S(=O)(=O)OC(C)OCCF)cc1. The number of hydrogen-bond donors (Lipinski definition) is 0. The van der Waals surface area contributed by atoms with E-state index in [9.17, 15) is 12.8 Å². The Morgan fingerprint density at radius 1 is 1.29 bits per heavy atom. The molecule has 0 aliphatic carbocycles. The molecule has 0 saturated carbocycles. The van der Waals surface area contributed by atoms with Crippen molar-refractivity contribution in [2.75, 3.05) is 13.3 Å². The van der Waals surface area contributed by atoms with Crippen LogP contribution < -0.4 is 0 Å². The van der Waals surface area contributed by atoms with Crippen molar-refractivity contribution in [2.24, 2.45) is 0 Å². The highest BCUT2D eigenvalue weighted by molar-refractivity contribution is 7.86. The fraction of sp³-hybridized carbons (Fsp3) is 0.455. The standard InChI is InChI=1S/C11H15FO4S/c1-9-3-5-11(6-4-9)17(13,14)16-10(2)15-8-7-12/h3-6,10H,7-8H2,1-2H3. The molecule has 0 saturated heterocycles. The number of hydrogen-bond acceptors (Lipinski definition) is 4. The van der Waals surface area contributed by atoms with Gasteiger partial charge in [0, 0.05) is 0 Å². The van der Waals surface area contributed by atoms with Gasteiger partial charge in [0.25, 0.3) is 10.1 Å². The average Bonchev–Trinajstić information content (AvgIpc) is 2.26. The van der Waals surface area contributed by atoms with E-state index in [-0.39, 0.29) is 11.5 Å². The summed E-state index contributed by atoms with van der Waals surface area (Å²) in [6, 6.07) is 6.24. The van der Waals surface area contributed by atoms with Gasteiger partial charge < -0.3 is 4.74 Å². The molecule has 0 spiro atoms. The van der Waals surface area contributed by atoms with Crippen molar-refractivity contribution in [3.05, 3.63) is 29.8 Å². The molecule has 1 rings (SSSR count). The van der Waals surface area contributed by atoms with Crippen molar-refractivity contribution in [1.82, 2.24) is 0 Å². The van der Waals surface area contributed by atoms with Gasteiger partial charge in [0.15, 0.2) is 6.29 Å². The largest absolute Gasteiger partial charge is 0.349 e. The summed E-state index contributed by atoms with van der Waals surface area (Å²) >= 11 is 0. The minimum atomic E-state index is -3.85. The van der Waals surface area contributed by atoms with Gasteiger partial charge >= 0.3 is 0 Å². The molecule has 6 heteroatoms. The van der Waals surface area contributed by atoms with Gasteiger partial charge in [0.05, 0.1) is 11.5 Å². The first-order valence-corrected chi connectivity index (χ1v) is 6.54. The van der Waals surface area contributed by atoms with E-state index in [0.29, 0.717) is 0 Å². The molecule has 0 N–H and O–H groups in total. The van der Waals surface area contributed by atoms with Crippen LogP contribution in [0.3, 0.4) is 0 Å². The van der Waals surface area contributed by atoms with Gasteiger partial charge in [-0.1, -0.05) is 17.7 Å². The molecule has 0 heterocycles. The molecule has 1 aromatic carbocycles. The van der Waals surface area contributed by atoms with E-state index >= 15 is 0 Å². The summed E-state index contributed by atoms with van der Waals surface area (Å²) in [5.41, 5.74) is 0.950. The lowest BCUT2D eigenvalue weighted by molar-refractivity contribution is -0.0661. The van der Waals surface area contributed by atoms with Gasteiger partial charge in [-0.2, -0.15) is 8.42 Å². The second kappa shape index (κ2) is 6.09. The van der Waals surface area contributed by atoms with E-state index in [1.54, 1.807) is 12.1 Å². The van der Waals surface area contributed by atoms with E-state index in [1.165, 1.54) is 19.1 Å². The molecule has 0 amide bonds. The van der Waals surface area contributed by atoms with Crippen LogP contribution in [0.2, 0.25) is 0 Å². The van der Waals surface area contributed by atoms with Crippen molar-refractivity contribution in [3.8, 4) is 0 Å². The zero-order valence-electron chi connectivity index (χ0n) is 9.72. The molecule has 4 nitrogen and oxygen atoms in total. The van der Waals surface area contributed by atoms with Gasteiger partial charge in [-0.25, -0.2) is 8.57 Å². The number of aryl methyl sites for hydroxylation is 1. The minimum Gasteiger partial charge on any atom is -0.349 e. The number of halogens is 1. The lowest BCUT2D eigenvalue weighted by atomic mass is 10.2. The van der Waals surface area contributed by atoms with E-state index in [4.69, 9.17) is 8.92 Å². The minimum absolute atomic E-state index is 0.0544. The molecule has 0 fully saturated rings. The van der Waals surface area contributed by atoms with Crippen LogP contribution in [0, 0.1) is 6.92 Å². The van der Waals surface area contributed by atoms with Crippen LogP contribution in [-0.4, -0.2) is 28.0 Å².